The second-order valence-corrected chi connectivity index (χ2v) is 5.71. The molecule has 22 heavy (non-hydrogen) atoms. The number of rotatable bonds is 5. The van der Waals surface area contributed by atoms with Gasteiger partial charge in [0.25, 0.3) is 5.91 Å². The minimum Gasteiger partial charge on any atom is -0.462 e. The molecule has 2 aromatic rings. The van der Waals surface area contributed by atoms with Gasteiger partial charge in [0, 0.05) is 11.4 Å². The fourth-order valence-electron chi connectivity index (χ4n) is 1.68. The van der Waals surface area contributed by atoms with Crippen molar-refractivity contribution in [3.05, 3.63) is 29.0 Å². The average Bonchev–Trinajstić information content (AvgIpc) is 3.06. The van der Waals surface area contributed by atoms with Gasteiger partial charge in [0.05, 0.1) is 6.26 Å². The number of hydrogen-bond donors (Lipinski definition) is 2. The van der Waals surface area contributed by atoms with Crippen molar-refractivity contribution in [2.45, 2.75) is 25.6 Å². The quantitative estimate of drug-likeness (QED) is 0.882. The van der Waals surface area contributed by atoms with E-state index in [0.717, 1.165) is 0 Å². The molecule has 0 aliphatic rings. The van der Waals surface area contributed by atoms with Crippen LogP contribution in [0.15, 0.2) is 22.8 Å². The maximum atomic E-state index is 12.1. The third kappa shape index (κ3) is 3.86. The molecular weight excluding hydrogens is 321 g/mol. The Bertz CT molecular complexity index is 637. The summed E-state index contributed by atoms with van der Waals surface area (Å²) in [6, 6.07) is 3.38. The Kier molecular flexibility index (Phi) is 4.87. The Labute approximate surface area is 127 Å². The number of hydrogen-bond acceptors (Lipinski definition) is 5. The van der Waals surface area contributed by atoms with Crippen LogP contribution in [0.4, 0.5) is 13.2 Å². The van der Waals surface area contributed by atoms with Gasteiger partial charge in [-0.05, 0) is 25.5 Å². The van der Waals surface area contributed by atoms with Crippen molar-refractivity contribution < 1.29 is 27.5 Å². The maximum Gasteiger partial charge on any atom is 0.414 e. The van der Waals surface area contributed by atoms with Crippen LogP contribution in [0.25, 0.3) is 10.8 Å². The highest BCUT2D eigenvalue weighted by Gasteiger charge is 2.37. The molecular formula is C13H13F3N2O3S. The maximum absolute atomic E-state index is 12.1. The standard InChI is InChI=1S/C13H13F3N2O3S/c1-7-10(18-12(22-7)8-3-2-6-21-8)11(20)17-5-4-9(19)13(14,15)16/h2-3,6,9,19H,4-5H2,1H3,(H,17,20). The second-order valence-electron chi connectivity index (χ2n) is 4.50. The summed E-state index contributed by atoms with van der Waals surface area (Å²) in [7, 11) is 0. The zero-order valence-electron chi connectivity index (χ0n) is 11.5. The van der Waals surface area contributed by atoms with E-state index in [4.69, 9.17) is 9.52 Å². The first-order valence-electron chi connectivity index (χ1n) is 6.33. The number of aliphatic hydroxyl groups is 1. The fourth-order valence-corrected chi connectivity index (χ4v) is 2.56. The molecule has 0 saturated heterocycles. The Morgan fingerprint density at radius 1 is 1.55 bits per heavy atom. The van der Waals surface area contributed by atoms with E-state index in [0.29, 0.717) is 15.6 Å². The van der Waals surface area contributed by atoms with Crippen LogP contribution in [0.3, 0.4) is 0 Å². The SMILES string of the molecule is Cc1sc(-c2ccco2)nc1C(=O)NCCC(O)C(F)(F)F. The summed E-state index contributed by atoms with van der Waals surface area (Å²) in [6.45, 7) is 1.39. The summed E-state index contributed by atoms with van der Waals surface area (Å²) < 4.78 is 41.6. The molecule has 0 aliphatic carbocycles. The lowest BCUT2D eigenvalue weighted by Gasteiger charge is -2.14. The molecule has 1 atom stereocenters. The molecule has 1 unspecified atom stereocenters. The van der Waals surface area contributed by atoms with Crippen LogP contribution in [0.1, 0.15) is 21.8 Å². The van der Waals surface area contributed by atoms with Crippen molar-refractivity contribution >= 4 is 17.2 Å². The van der Waals surface area contributed by atoms with E-state index in [2.05, 4.69) is 10.3 Å². The van der Waals surface area contributed by atoms with Crippen molar-refractivity contribution in [1.82, 2.24) is 10.3 Å². The summed E-state index contributed by atoms with van der Waals surface area (Å²) in [5, 5.41) is 11.7. The first kappa shape index (κ1) is 16.5. The molecule has 9 heteroatoms. The summed E-state index contributed by atoms with van der Waals surface area (Å²) >= 11 is 1.25. The Morgan fingerprint density at radius 2 is 2.27 bits per heavy atom. The zero-order chi connectivity index (χ0) is 16.3. The Hall–Kier alpha value is -1.87. The first-order valence-corrected chi connectivity index (χ1v) is 7.15. The van der Waals surface area contributed by atoms with Crippen LogP contribution < -0.4 is 5.32 Å². The third-order valence-corrected chi connectivity index (χ3v) is 3.81. The normalized spacial score (nSPS) is 13.1. The van der Waals surface area contributed by atoms with Gasteiger partial charge in [0.2, 0.25) is 0 Å². The molecule has 2 N–H and O–H groups in total. The number of aromatic nitrogens is 1. The first-order chi connectivity index (χ1) is 10.3. The van der Waals surface area contributed by atoms with E-state index in [-0.39, 0.29) is 12.2 Å². The summed E-state index contributed by atoms with van der Waals surface area (Å²) in [5.74, 6) is -0.0689. The number of nitrogens with zero attached hydrogens (tertiary/aromatic N) is 1. The molecule has 2 heterocycles. The number of aryl methyl sites for hydroxylation is 1. The molecule has 0 radical (unpaired) electrons. The number of carbonyl (C=O) groups excluding carboxylic acids is 1. The molecule has 0 aromatic carbocycles. The van der Waals surface area contributed by atoms with E-state index < -0.39 is 24.6 Å². The van der Waals surface area contributed by atoms with Crippen LogP contribution >= 0.6 is 11.3 Å². The minimum atomic E-state index is -4.69. The Morgan fingerprint density at radius 3 is 2.86 bits per heavy atom. The number of furan rings is 1. The molecule has 1 amide bonds. The molecule has 0 bridgehead atoms. The molecule has 0 aliphatic heterocycles. The predicted molar refractivity (Wildman–Crippen MR) is 73.6 cm³/mol. The van der Waals surface area contributed by atoms with Crippen LogP contribution in [-0.4, -0.2) is 34.8 Å². The molecule has 5 nitrogen and oxygen atoms in total. The van der Waals surface area contributed by atoms with Gasteiger partial charge >= 0.3 is 6.18 Å². The number of aliphatic hydroxyl groups excluding tert-OH is 1. The van der Waals surface area contributed by atoms with Crippen LogP contribution in [0.2, 0.25) is 0 Å². The van der Waals surface area contributed by atoms with Crippen molar-refractivity contribution in [3.8, 4) is 10.8 Å². The highest BCUT2D eigenvalue weighted by atomic mass is 32.1. The highest BCUT2D eigenvalue weighted by Crippen LogP contribution is 2.28. The lowest BCUT2D eigenvalue weighted by atomic mass is 10.2. The Balaban J connectivity index is 1.96. The average molecular weight is 334 g/mol. The molecule has 120 valence electrons. The molecule has 0 spiro atoms. The van der Waals surface area contributed by atoms with Gasteiger partial charge in [-0.2, -0.15) is 13.2 Å². The number of amides is 1. The van der Waals surface area contributed by atoms with Crippen LogP contribution in [0.5, 0.6) is 0 Å². The number of thiazole rings is 1. The largest absolute Gasteiger partial charge is 0.462 e. The van der Waals surface area contributed by atoms with Gasteiger partial charge in [-0.15, -0.1) is 11.3 Å². The summed E-state index contributed by atoms with van der Waals surface area (Å²) in [6.07, 6.45) is -6.27. The van der Waals surface area contributed by atoms with Gasteiger partial charge in [-0.3, -0.25) is 4.79 Å². The molecule has 0 saturated carbocycles. The van der Waals surface area contributed by atoms with Gasteiger partial charge in [-0.25, -0.2) is 4.98 Å². The van der Waals surface area contributed by atoms with Crippen LogP contribution in [0, 0.1) is 6.92 Å². The molecule has 0 fully saturated rings. The number of halogens is 3. The predicted octanol–water partition coefficient (Wildman–Crippen LogP) is 2.75. The number of nitrogens with one attached hydrogen (secondary N) is 1. The highest BCUT2D eigenvalue weighted by molar-refractivity contribution is 7.15. The topological polar surface area (TPSA) is 75.4 Å². The number of alkyl halides is 3. The molecule has 2 rings (SSSR count). The van der Waals surface area contributed by atoms with E-state index in [1.54, 1.807) is 19.1 Å². The zero-order valence-corrected chi connectivity index (χ0v) is 12.3. The number of carbonyl (C=O) groups is 1. The van der Waals surface area contributed by atoms with E-state index >= 15 is 0 Å². The van der Waals surface area contributed by atoms with Crippen molar-refractivity contribution in [3.63, 3.8) is 0 Å². The van der Waals surface area contributed by atoms with Gasteiger partial charge < -0.3 is 14.8 Å². The molecule has 2 aromatic heterocycles. The third-order valence-electron chi connectivity index (χ3n) is 2.82. The smallest absolute Gasteiger partial charge is 0.414 e. The summed E-state index contributed by atoms with van der Waals surface area (Å²) in [4.78, 5) is 16.7. The minimum absolute atomic E-state index is 0.137. The second kappa shape index (κ2) is 6.49. The van der Waals surface area contributed by atoms with Crippen molar-refractivity contribution in [1.29, 1.82) is 0 Å². The van der Waals surface area contributed by atoms with Crippen LogP contribution in [-0.2, 0) is 0 Å². The van der Waals surface area contributed by atoms with Crippen molar-refractivity contribution in [2.24, 2.45) is 0 Å². The van der Waals surface area contributed by atoms with E-state index in [1.807, 2.05) is 0 Å². The summed E-state index contributed by atoms with van der Waals surface area (Å²) in [5.41, 5.74) is 0.137. The van der Waals surface area contributed by atoms with Gasteiger partial charge in [0.1, 0.15) is 5.69 Å². The van der Waals surface area contributed by atoms with E-state index in [1.165, 1.54) is 17.6 Å². The van der Waals surface area contributed by atoms with Crippen molar-refractivity contribution in [2.75, 3.05) is 6.54 Å². The van der Waals surface area contributed by atoms with E-state index in [9.17, 15) is 18.0 Å². The lowest BCUT2D eigenvalue weighted by Crippen LogP contribution is -2.34. The van der Waals surface area contributed by atoms with Gasteiger partial charge in [0.15, 0.2) is 16.9 Å². The fraction of sp³-hybridized carbons (Fsp3) is 0.385. The van der Waals surface area contributed by atoms with Gasteiger partial charge in [-0.1, -0.05) is 0 Å². The monoisotopic (exact) mass is 334 g/mol. The lowest BCUT2D eigenvalue weighted by molar-refractivity contribution is -0.204.